The van der Waals surface area contributed by atoms with Gasteiger partial charge in [-0.15, -0.1) is 35.3 Å². The summed E-state index contributed by atoms with van der Waals surface area (Å²) < 4.78 is 0. The van der Waals surface area contributed by atoms with Crippen LogP contribution in [0.25, 0.3) is 0 Å². The van der Waals surface area contributed by atoms with Crippen molar-refractivity contribution in [1.82, 2.24) is 10.2 Å². The van der Waals surface area contributed by atoms with Gasteiger partial charge in [0, 0.05) is 25.0 Å². The molecule has 1 aliphatic heterocycles. The Morgan fingerprint density at radius 2 is 2.14 bits per heavy atom. The fourth-order valence-corrected chi connectivity index (χ4v) is 4.38. The number of hydrogen-bond donors (Lipinski definition) is 1. The summed E-state index contributed by atoms with van der Waals surface area (Å²) in [6.45, 7) is 3.27. The van der Waals surface area contributed by atoms with Crippen LogP contribution in [0.1, 0.15) is 43.4 Å². The van der Waals surface area contributed by atoms with Crippen molar-refractivity contribution in [1.29, 1.82) is 0 Å². The van der Waals surface area contributed by atoms with Crippen molar-refractivity contribution < 1.29 is 0 Å². The third-order valence-electron chi connectivity index (χ3n) is 4.86. The van der Waals surface area contributed by atoms with Crippen molar-refractivity contribution in [2.75, 3.05) is 20.1 Å². The Balaban J connectivity index is 0.00000161. The Bertz CT molecular complexity index is 452. The Hall–Kier alpha value is -0.300. The van der Waals surface area contributed by atoms with E-state index in [0.29, 0.717) is 5.41 Å². The molecule has 21 heavy (non-hydrogen) atoms. The van der Waals surface area contributed by atoms with Gasteiger partial charge in [-0.3, -0.25) is 4.99 Å². The molecule has 2 heterocycles. The minimum atomic E-state index is 0. The highest BCUT2D eigenvalue weighted by atomic mass is 127. The highest BCUT2D eigenvalue weighted by Gasteiger charge is 2.39. The molecule has 2 aliphatic rings. The molecular weight excluding hydrogens is 393 g/mol. The molecule has 2 fully saturated rings. The first-order valence-corrected chi connectivity index (χ1v) is 8.67. The van der Waals surface area contributed by atoms with E-state index >= 15 is 0 Å². The zero-order chi connectivity index (χ0) is 13.8. The maximum Gasteiger partial charge on any atom is 0.193 e. The second-order valence-corrected chi connectivity index (χ2v) is 7.24. The fourth-order valence-electron chi connectivity index (χ4n) is 3.74. The average molecular weight is 419 g/mol. The molecule has 0 atom stereocenters. The summed E-state index contributed by atoms with van der Waals surface area (Å²) in [4.78, 5) is 8.33. The summed E-state index contributed by atoms with van der Waals surface area (Å²) in [5.41, 5.74) is 0.596. The topological polar surface area (TPSA) is 27.6 Å². The quantitative estimate of drug-likeness (QED) is 0.444. The SMILES string of the molecule is CN=C(NCc1cccs1)N1CCC2(CCCCC2)C1.I. The first-order chi connectivity index (χ1) is 9.81. The lowest BCUT2D eigenvalue weighted by atomic mass is 9.73. The zero-order valence-corrected chi connectivity index (χ0v) is 16.0. The van der Waals surface area contributed by atoms with E-state index in [-0.39, 0.29) is 24.0 Å². The molecule has 0 unspecified atom stereocenters. The number of halogens is 1. The summed E-state index contributed by atoms with van der Waals surface area (Å²) in [5.74, 6) is 1.08. The summed E-state index contributed by atoms with van der Waals surface area (Å²) >= 11 is 1.80. The third-order valence-corrected chi connectivity index (χ3v) is 5.74. The van der Waals surface area contributed by atoms with Crippen molar-refractivity contribution in [2.45, 2.75) is 45.1 Å². The van der Waals surface area contributed by atoms with E-state index < -0.39 is 0 Å². The summed E-state index contributed by atoms with van der Waals surface area (Å²) in [5, 5.41) is 5.65. The van der Waals surface area contributed by atoms with Crippen molar-refractivity contribution in [2.24, 2.45) is 10.4 Å². The molecule has 1 aromatic heterocycles. The van der Waals surface area contributed by atoms with Crippen molar-refractivity contribution in [3.05, 3.63) is 22.4 Å². The van der Waals surface area contributed by atoms with Crippen molar-refractivity contribution >= 4 is 41.3 Å². The van der Waals surface area contributed by atoms with Gasteiger partial charge in [0.1, 0.15) is 0 Å². The van der Waals surface area contributed by atoms with E-state index in [1.165, 1.54) is 56.5 Å². The number of nitrogens with zero attached hydrogens (tertiary/aromatic N) is 2. The van der Waals surface area contributed by atoms with Crippen LogP contribution in [0.2, 0.25) is 0 Å². The molecule has 1 saturated heterocycles. The summed E-state index contributed by atoms with van der Waals surface area (Å²) in [7, 11) is 1.91. The second-order valence-electron chi connectivity index (χ2n) is 6.21. The number of rotatable bonds is 2. The summed E-state index contributed by atoms with van der Waals surface area (Å²) in [6, 6.07) is 4.29. The number of hydrogen-bond acceptors (Lipinski definition) is 2. The predicted octanol–water partition coefficient (Wildman–Crippen LogP) is 4.10. The van der Waals surface area contributed by atoms with Crippen LogP contribution >= 0.6 is 35.3 Å². The Labute approximate surface area is 149 Å². The van der Waals surface area contributed by atoms with Gasteiger partial charge in [-0.1, -0.05) is 25.3 Å². The third kappa shape index (κ3) is 4.12. The molecule has 1 spiro atoms. The standard InChI is InChI=1S/C16H25N3S.HI/c1-17-15(18-12-14-6-5-11-20-14)19-10-9-16(13-19)7-3-2-4-8-16;/h5-6,11H,2-4,7-10,12-13H2,1H3,(H,17,18);1H. The van der Waals surface area contributed by atoms with E-state index in [9.17, 15) is 0 Å². The van der Waals surface area contributed by atoms with Crippen LogP contribution in [0.3, 0.4) is 0 Å². The van der Waals surface area contributed by atoms with Gasteiger partial charge >= 0.3 is 0 Å². The Kier molecular flexibility index (Phi) is 6.34. The fraction of sp³-hybridized carbons (Fsp3) is 0.688. The largest absolute Gasteiger partial charge is 0.351 e. The normalized spacial score (nSPS) is 21.4. The van der Waals surface area contributed by atoms with Crippen LogP contribution in [0.4, 0.5) is 0 Å². The zero-order valence-electron chi connectivity index (χ0n) is 12.8. The average Bonchev–Trinajstić information content (AvgIpc) is 3.12. The highest BCUT2D eigenvalue weighted by molar-refractivity contribution is 14.0. The van der Waals surface area contributed by atoms with Gasteiger partial charge in [-0.2, -0.15) is 0 Å². The maximum absolute atomic E-state index is 4.48. The molecule has 3 rings (SSSR count). The van der Waals surface area contributed by atoms with Gasteiger partial charge in [0.25, 0.3) is 0 Å². The van der Waals surface area contributed by atoms with Crippen LogP contribution in [-0.4, -0.2) is 31.0 Å². The van der Waals surface area contributed by atoms with Crippen LogP contribution in [0.15, 0.2) is 22.5 Å². The van der Waals surface area contributed by atoms with Gasteiger partial charge in [-0.05, 0) is 36.1 Å². The van der Waals surface area contributed by atoms with E-state index in [1.807, 2.05) is 7.05 Å². The van der Waals surface area contributed by atoms with E-state index in [1.54, 1.807) is 11.3 Å². The first kappa shape index (κ1) is 17.1. The molecule has 0 amide bonds. The van der Waals surface area contributed by atoms with Gasteiger partial charge in [0.05, 0.1) is 6.54 Å². The molecule has 5 heteroatoms. The molecular formula is C16H26IN3S. The molecule has 1 saturated carbocycles. The van der Waals surface area contributed by atoms with Gasteiger partial charge in [0.2, 0.25) is 0 Å². The molecule has 0 bridgehead atoms. The monoisotopic (exact) mass is 419 g/mol. The van der Waals surface area contributed by atoms with Gasteiger partial charge < -0.3 is 10.2 Å². The van der Waals surface area contributed by atoms with E-state index in [2.05, 4.69) is 32.7 Å². The van der Waals surface area contributed by atoms with E-state index in [4.69, 9.17) is 0 Å². The second kappa shape index (κ2) is 7.81. The minimum absolute atomic E-state index is 0. The Morgan fingerprint density at radius 3 is 2.81 bits per heavy atom. The molecule has 1 aromatic rings. The molecule has 3 nitrogen and oxygen atoms in total. The molecule has 1 aliphatic carbocycles. The predicted molar refractivity (Wildman–Crippen MR) is 102 cm³/mol. The van der Waals surface area contributed by atoms with Crippen molar-refractivity contribution in [3.8, 4) is 0 Å². The Morgan fingerprint density at radius 1 is 1.33 bits per heavy atom. The lowest BCUT2D eigenvalue weighted by Crippen LogP contribution is -2.41. The van der Waals surface area contributed by atoms with Crippen molar-refractivity contribution in [3.63, 3.8) is 0 Å². The van der Waals surface area contributed by atoms with Gasteiger partial charge in [0.15, 0.2) is 5.96 Å². The lowest BCUT2D eigenvalue weighted by molar-refractivity contribution is 0.203. The number of likely N-dealkylation sites (tertiary alicyclic amines) is 1. The molecule has 0 aromatic carbocycles. The smallest absolute Gasteiger partial charge is 0.193 e. The molecule has 1 N–H and O–H groups in total. The minimum Gasteiger partial charge on any atom is -0.351 e. The lowest BCUT2D eigenvalue weighted by Gasteiger charge is -2.33. The van der Waals surface area contributed by atoms with Gasteiger partial charge in [-0.25, -0.2) is 0 Å². The summed E-state index contributed by atoms with van der Waals surface area (Å²) in [6.07, 6.45) is 8.49. The number of nitrogens with one attached hydrogen (secondary N) is 1. The van der Waals surface area contributed by atoms with Crippen LogP contribution < -0.4 is 5.32 Å². The van der Waals surface area contributed by atoms with Crippen LogP contribution in [0.5, 0.6) is 0 Å². The number of guanidine groups is 1. The van der Waals surface area contributed by atoms with Crippen LogP contribution in [0, 0.1) is 5.41 Å². The van der Waals surface area contributed by atoms with Crippen LogP contribution in [-0.2, 0) is 6.54 Å². The molecule has 118 valence electrons. The van der Waals surface area contributed by atoms with E-state index in [0.717, 1.165) is 12.5 Å². The highest BCUT2D eigenvalue weighted by Crippen LogP contribution is 2.43. The first-order valence-electron chi connectivity index (χ1n) is 7.79. The number of thiophene rings is 1. The maximum atomic E-state index is 4.48. The molecule has 0 radical (unpaired) electrons. The number of aliphatic imine (C=N–C) groups is 1.